The first-order chi connectivity index (χ1) is 13.2. The Bertz CT molecular complexity index is 1090. The highest BCUT2D eigenvalue weighted by Crippen LogP contribution is 2.36. The van der Waals surface area contributed by atoms with E-state index in [2.05, 4.69) is 16.5 Å². The van der Waals surface area contributed by atoms with Crippen LogP contribution in [0.2, 0.25) is 5.02 Å². The number of carbonyl (C=O) groups is 1. The Hall–Kier alpha value is -3.36. The fourth-order valence-corrected chi connectivity index (χ4v) is 3.28. The van der Waals surface area contributed by atoms with Gasteiger partial charge in [-0.1, -0.05) is 48.0 Å². The number of nitrogens with zero attached hydrogens (tertiary/aromatic N) is 3. The van der Waals surface area contributed by atoms with Crippen LogP contribution in [0.15, 0.2) is 54.7 Å². The van der Waals surface area contributed by atoms with Gasteiger partial charge in [-0.05, 0) is 18.2 Å². The highest BCUT2D eigenvalue weighted by molar-refractivity contribution is 6.36. The molecule has 0 radical (unpaired) electrons. The van der Waals surface area contributed by atoms with Crippen molar-refractivity contribution in [3.05, 3.63) is 70.9 Å². The minimum Gasteiger partial charge on any atom is -0.321 e. The predicted octanol–water partition coefficient (Wildman–Crippen LogP) is 4.61. The lowest BCUT2D eigenvalue weighted by molar-refractivity contribution is -0.110. The molecule has 2 aromatic carbocycles. The molecule has 0 saturated carbocycles. The maximum absolute atomic E-state index is 12.5. The minimum absolute atomic E-state index is 0.170. The van der Waals surface area contributed by atoms with Crippen molar-refractivity contribution in [1.29, 1.82) is 5.26 Å². The summed E-state index contributed by atoms with van der Waals surface area (Å²) in [7, 11) is 0. The number of amides is 1. The van der Waals surface area contributed by atoms with Crippen molar-refractivity contribution in [3.8, 4) is 17.3 Å². The molecule has 0 aliphatic carbocycles. The van der Waals surface area contributed by atoms with Gasteiger partial charge in [0.2, 0.25) is 0 Å². The van der Waals surface area contributed by atoms with Crippen LogP contribution in [0, 0.1) is 11.3 Å². The number of hydrogen-bond donors (Lipinski definition) is 1. The number of carbonyl (C=O) groups excluding carboxylic acids is 1. The van der Waals surface area contributed by atoms with Gasteiger partial charge in [0.1, 0.15) is 0 Å². The number of rotatable bonds is 4. The molecule has 132 valence electrons. The topological polar surface area (TPSA) is 70.7 Å². The number of nitriles is 1. The third kappa shape index (κ3) is 3.35. The minimum atomic E-state index is -0.170. The highest BCUT2D eigenvalue weighted by Gasteiger charge is 2.25. The van der Waals surface area contributed by atoms with Gasteiger partial charge >= 0.3 is 0 Å². The van der Waals surface area contributed by atoms with Crippen LogP contribution in [0.25, 0.3) is 22.9 Å². The van der Waals surface area contributed by atoms with Gasteiger partial charge in [-0.25, -0.2) is 0 Å². The number of anilines is 1. The Morgan fingerprint density at radius 2 is 2.04 bits per heavy atom. The van der Waals surface area contributed by atoms with Gasteiger partial charge in [0, 0.05) is 33.5 Å². The molecule has 0 atom stereocenters. The second-order valence-corrected chi connectivity index (χ2v) is 6.61. The van der Waals surface area contributed by atoms with Crippen LogP contribution in [0.4, 0.5) is 5.69 Å². The Morgan fingerprint density at radius 3 is 2.81 bits per heavy atom. The van der Waals surface area contributed by atoms with E-state index in [9.17, 15) is 4.79 Å². The molecule has 2 heterocycles. The van der Waals surface area contributed by atoms with Gasteiger partial charge in [-0.15, -0.1) is 0 Å². The quantitative estimate of drug-likeness (QED) is 0.678. The molecular formula is C21H15ClN4O. The lowest BCUT2D eigenvalue weighted by Gasteiger charge is -2.01. The van der Waals surface area contributed by atoms with Crippen LogP contribution in [0.3, 0.4) is 0 Å². The zero-order valence-corrected chi connectivity index (χ0v) is 15.1. The number of nitrogens with one attached hydrogen (secondary N) is 1. The van der Waals surface area contributed by atoms with Gasteiger partial charge in [0.25, 0.3) is 5.91 Å². The smallest absolute Gasteiger partial charge is 0.256 e. The third-order valence-corrected chi connectivity index (χ3v) is 4.59. The molecule has 6 heteroatoms. The maximum atomic E-state index is 12.5. The average Bonchev–Trinajstić information content (AvgIpc) is 3.21. The largest absolute Gasteiger partial charge is 0.321 e. The van der Waals surface area contributed by atoms with E-state index < -0.39 is 0 Å². The first kappa shape index (κ1) is 17.1. The Labute approximate surface area is 161 Å². The molecule has 1 amide bonds. The van der Waals surface area contributed by atoms with Crippen molar-refractivity contribution in [2.24, 2.45) is 0 Å². The molecule has 1 aliphatic rings. The first-order valence-corrected chi connectivity index (χ1v) is 8.86. The maximum Gasteiger partial charge on any atom is 0.256 e. The lowest BCUT2D eigenvalue weighted by Crippen LogP contribution is -2.03. The summed E-state index contributed by atoms with van der Waals surface area (Å²) in [5.41, 5.74) is 4.64. The summed E-state index contributed by atoms with van der Waals surface area (Å²) in [6.07, 6.45) is 4.08. The molecule has 27 heavy (non-hydrogen) atoms. The summed E-state index contributed by atoms with van der Waals surface area (Å²) in [6.45, 7) is 0.498. The second-order valence-electron chi connectivity index (χ2n) is 6.17. The van der Waals surface area contributed by atoms with Crippen molar-refractivity contribution in [2.75, 3.05) is 5.32 Å². The molecule has 1 N–H and O–H groups in total. The van der Waals surface area contributed by atoms with Crippen molar-refractivity contribution in [2.45, 2.75) is 13.0 Å². The zero-order chi connectivity index (χ0) is 18.8. The normalized spacial score (nSPS) is 14.1. The summed E-state index contributed by atoms with van der Waals surface area (Å²) in [5, 5.41) is 16.9. The number of hydrogen-bond acceptors (Lipinski definition) is 3. The van der Waals surface area contributed by atoms with Gasteiger partial charge in [0.05, 0.1) is 30.4 Å². The molecule has 0 bridgehead atoms. The molecule has 5 nitrogen and oxygen atoms in total. The number of benzene rings is 2. The average molecular weight is 375 g/mol. The molecule has 1 aliphatic heterocycles. The van der Waals surface area contributed by atoms with E-state index in [1.54, 1.807) is 16.8 Å². The Morgan fingerprint density at radius 1 is 1.22 bits per heavy atom. The van der Waals surface area contributed by atoms with Crippen LogP contribution in [0.5, 0.6) is 0 Å². The monoisotopic (exact) mass is 374 g/mol. The second kappa shape index (κ2) is 7.10. The van der Waals surface area contributed by atoms with Crippen molar-refractivity contribution >= 4 is 34.8 Å². The molecule has 3 aromatic rings. The Kier molecular flexibility index (Phi) is 4.49. The van der Waals surface area contributed by atoms with E-state index in [-0.39, 0.29) is 5.91 Å². The first-order valence-electron chi connectivity index (χ1n) is 8.48. The molecule has 0 spiro atoms. The third-order valence-electron chi connectivity index (χ3n) is 4.35. The van der Waals surface area contributed by atoms with E-state index in [1.165, 1.54) is 0 Å². The van der Waals surface area contributed by atoms with Crippen molar-refractivity contribution in [1.82, 2.24) is 9.78 Å². The van der Waals surface area contributed by atoms with Gasteiger partial charge < -0.3 is 5.32 Å². The van der Waals surface area contributed by atoms with Gasteiger partial charge in [0.15, 0.2) is 0 Å². The molecule has 4 rings (SSSR count). The molecule has 0 saturated heterocycles. The lowest BCUT2D eigenvalue weighted by atomic mass is 10.0. The number of fused-ring (bicyclic) bond motifs is 1. The van der Waals surface area contributed by atoms with Crippen molar-refractivity contribution in [3.63, 3.8) is 0 Å². The molecule has 1 aromatic heterocycles. The number of aryl methyl sites for hydroxylation is 1. The van der Waals surface area contributed by atoms with Crippen LogP contribution in [0.1, 0.15) is 17.5 Å². The van der Waals surface area contributed by atoms with Crippen LogP contribution in [-0.4, -0.2) is 15.7 Å². The summed E-state index contributed by atoms with van der Waals surface area (Å²) < 4.78 is 1.74. The zero-order valence-electron chi connectivity index (χ0n) is 14.3. The van der Waals surface area contributed by atoms with E-state index in [4.69, 9.17) is 16.9 Å². The van der Waals surface area contributed by atoms with Gasteiger partial charge in [-0.2, -0.15) is 10.4 Å². The SMILES string of the molecule is N#CCCn1cc(C=C2C(=O)Nc3cc(Cl)ccc32)c(-c2ccccc2)n1. The fourth-order valence-electron chi connectivity index (χ4n) is 3.11. The van der Waals surface area contributed by atoms with E-state index in [1.807, 2.05) is 48.7 Å². The van der Waals surface area contributed by atoms with Crippen molar-refractivity contribution < 1.29 is 4.79 Å². The number of aromatic nitrogens is 2. The summed E-state index contributed by atoms with van der Waals surface area (Å²) >= 11 is 6.03. The molecule has 0 fully saturated rings. The highest BCUT2D eigenvalue weighted by atomic mass is 35.5. The summed E-state index contributed by atoms with van der Waals surface area (Å²) in [5.74, 6) is -0.170. The van der Waals surface area contributed by atoms with E-state index >= 15 is 0 Å². The van der Waals surface area contributed by atoms with Gasteiger partial charge in [-0.3, -0.25) is 9.48 Å². The standard InChI is InChI=1S/C21H15ClN4O/c22-16-7-8-17-18(21(27)24-19(17)12-16)11-15-13-26(10-4-9-23)25-20(15)14-5-2-1-3-6-14/h1-3,5-8,11-13H,4,10H2,(H,24,27). The summed E-state index contributed by atoms with van der Waals surface area (Å²) in [4.78, 5) is 12.5. The Balaban J connectivity index is 1.82. The predicted molar refractivity (Wildman–Crippen MR) is 106 cm³/mol. The summed E-state index contributed by atoms with van der Waals surface area (Å²) in [6, 6.07) is 17.3. The van der Waals surface area contributed by atoms with Crippen LogP contribution < -0.4 is 5.32 Å². The molecule has 0 unspecified atom stereocenters. The number of halogens is 1. The van der Waals surface area contributed by atoms with Crippen LogP contribution in [-0.2, 0) is 11.3 Å². The van der Waals surface area contributed by atoms with Crippen LogP contribution >= 0.6 is 11.6 Å². The molecular weight excluding hydrogens is 360 g/mol. The van der Waals surface area contributed by atoms with E-state index in [0.717, 1.165) is 22.4 Å². The fraction of sp³-hybridized carbons (Fsp3) is 0.0952. The van der Waals surface area contributed by atoms with E-state index in [0.29, 0.717) is 29.2 Å².